The molecule has 0 radical (unpaired) electrons. The second-order valence-electron chi connectivity index (χ2n) is 13.7. The lowest BCUT2D eigenvalue weighted by atomic mass is 9.96. The Labute approximate surface area is 315 Å². The fraction of sp³-hybridized carbons (Fsp3) is 0. The highest BCUT2D eigenvalue weighted by Crippen LogP contribution is 2.43. The van der Waals surface area contributed by atoms with Crippen molar-refractivity contribution < 1.29 is 0 Å². The van der Waals surface area contributed by atoms with Crippen LogP contribution in [0.1, 0.15) is 0 Å². The molecule has 0 spiro atoms. The lowest BCUT2D eigenvalue weighted by Gasteiger charge is -2.28. The molecular formula is C52H36N2. The quantitative estimate of drug-likeness (QED) is 0.162. The molecule has 1 heterocycles. The number of benzene rings is 9. The summed E-state index contributed by atoms with van der Waals surface area (Å²) in [5, 5.41) is 4.95. The van der Waals surface area contributed by atoms with Crippen LogP contribution in [0.2, 0.25) is 0 Å². The van der Waals surface area contributed by atoms with Gasteiger partial charge in [0.05, 0.1) is 22.4 Å². The van der Waals surface area contributed by atoms with Gasteiger partial charge in [0.1, 0.15) is 0 Å². The molecule has 0 fully saturated rings. The second kappa shape index (κ2) is 13.4. The molecule has 0 unspecified atom stereocenters. The second-order valence-corrected chi connectivity index (χ2v) is 13.7. The number of aromatic nitrogens is 1. The maximum atomic E-state index is 2.41. The van der Waals surface area contributed by atoms with Gasteiger partial charge in [-0.1, -0.05) is 170 Å². The Morgan fingerprint density at radius 1 is 0.278 bits per heavy atom. The van der Waals surface area contributed by atoms with Crippen LogP contribution in [-0.2, 0) is 0 Å². The van der Waals surface area contributed by atoms with Crippen LogP contribution < -0.4 is 4.90 Å². The summed E-state index contributed by atoms with van der Waals surface area (Å²) in [5.74, 6) is 0. The van der Waals surface area contributed by atoms with Crippen LogP contribution in [0.25, 0.3) is 71.6 Å². The van der Waals surface area contributed by atoms with Gasteiger partial charge in [-0.3, -0.25) is 0 Å². The summed E-state index contributed by atoms with van der Waals surface area (Å²) < 4.78 is 2.41. The van der Waals surface area contributed by atoms with Crippen LogP contribution in [0.15, 0.2) is 218 Å². The SMILES string of the molecule is c1ccc(-c2ccc(N(c3ccc(-c4ccccc4-n4c5ccccc5c5ccccc54)cc3)c3ccc(-c4ccccc4)c4ccccc34)cc2)cc1. The molecule has 0 bridgehead atoms. The average Bonchev–Trinajstić information content (AvgIpc) is 3.59. The minimum atomic E-state index is 1.10. The van der Waals surface area contributed by atoms with Crippen molar-refractivity contribution in [2.75, 3.05) is 4.90 Å². The predicted molar refractivity (Wildman–Crippen MR) is 229 cm³/mol. The zero-order valence-corrected chi connectivity index (χ0v) is 29.7. The molecule has 0 saturated carbocycles. The topological polar surface area (TPSA) is 8.17 Å². The van der Waals surface area contributed by atoms with Gasteiger partial charge >= 0.3 is 0 Å². The van der Waals surface area contributed by atoms with Crippen molar-refractivity contribution >= 4 is 49.6 Å². The van der Waals surface area contributed by atoms with Crippen LogP contribution in [0.4, 0.5) is 17.1 Å². The summed E-state index contributed by atoms with van der Waals surface area (Å²) in [6, 6.07) is 78.8. The summed E-state index contributed by atoms with van der Waals surface area (Å²) in [6.07, 6.45) is 0. The number of fused-ring (bicyclic) bond motifs is 4. The van der Waals surface area contributed by atoms with Crippen LogP contribution in [0, 0.1) is 0 Å². The van der Waals surface area contributed by atoms with Gasteiger partial charge in [-0.2, -0.15) is 0 Å². The molecule has 0 atom stereocenters. The van der Waals surface area contributed by atoms with Crippen molar-refractivity contribution in [3.05, 3.63) is 218 Å². The van der Waals surface area contributed by atoms with Crippen molar-refractivity contribution in [2.45, 2.75) is 0 Å². The Morgan fingerprint density at radius 2 is 0.722 bits per heavy atom. The lowest BCUT2D eigenvalue weighted by Crippen LogP contribution is -2.10. The van der Waals surface area contributed by atoms with Gasteiger partial charge in [-0.15, -0.1) is 0 Å². The summed E-state index contributed by atoms with van der Waals surface area (Å²) in [7, 11) is 0. The molecule has 10 rings (SSSR count). The van der Waals surface area contributed by atoms with E-state index in [0.29, 0.717) is 0 Å². The fourth-order valence-electron chi connectivity index (χ4n) is 8.09. The van der Waals surface area contributed by atoms with Crippen LogP contribution >= 0.6 is 0 Å². The molecule has 0 amide bonds. The largest absolute Gasteiger partial charge is 0.310 e. The first-order chi connectivity index (χ1) is 26.8. The fourth-order valence-corrected chi connectivity index (χ4v) is 8.09. The highest BCUT2D eigenvalue weighted by molar-refractivity contribution is 6.10. The van der Waals surface area contributed by atoms with E-state index in [-0.39, 0.29) is 0 Å². The molecule has 2 nitrogen and oxygen atoms in total. The molecule has 54 heavy (non-hydrogen) atoms. The first-order valence-electron chi connectivity index (χ1n) is 18.5. The first-order valence-corrected chi connectivity index (χ1v) is 18.5. The first kappa shape index (κ1) is 31.6. The van der Waals surface area contributed by atoms with E-state index in [9.17, 15) is 0 Å². The molecule has 0 saturated heterocycles. The highest BCUT2D eigenvalue weighted by Gasteiger charge is 2.19. The number of anilines is 3. The van der Waals surface area contributed by atoms with E-state index in [0.717, 1.165) is 17.1 Å². The minimum Gasteiger partial charge on any atom is -0.310 e. The zero-order valence-electron chi connectivity index (χ0n) is 29.7. The maximum absolute atomic E-state index is 2.41. The van der Waals surface area contributed by atoms with E-state index in [1.54, 1.807) is 0 Å². The molecule has 0 N–H and O–H groups in total. The van der Waals surface area contributed by atoms with Crippen molar-refractivity contribution in [3.8, 4) is 39.1 Å². The van der Waals surface area contributed by atoms with Crippen molar-refractivity contribution in [1.29, 1.82) is 0 Å². The van der Waals surface area contributed by atoms with Crippen molar-refractivity contribution in [3.63, 3.8) is 0 Å². The van der Waals surface area contributed by atoms with E-state index < -0.39 is 0 Å². The van der Waals surface area contributed by atoms with Gasteiger partial charge in [0.15, 0.2) is 0 Å². The maximum Gasteiger partial charge on any atom is 0.0541 e. The van der Waals surface area contributed by atoms with Gasteiger partial charge < -0.3 is 9.47 Å². The molecule has 0 aliphatic rings. The number of para-hydroxylation sites is 3. The molecule has 10 aromatic rings. The van der Waals surface area contributed by atoms with Gasteiger partial charge in [0.25, 0.3) is 0 Å². The van der Waals surface area contributed by atoms with E-state index in [2.05, 4.69) is 228 Å². The molecule has 254 valence electrons. The lowest BCUT2D eigenvalue weighted by molar-refractivity contribution is 1.18. The van der Waals surface area contributed by atoms with Gasteiger partial charge in [-0.05, 0) is 81.7 Å². The summed E-state index contributed by atoms with van der Waals surface area (Å²) in [4.78, 5) is 2.40. The van der Waals surface area contributed by atoms with E-state index >= 15 is 0 Å². The summed E-state index contributed by atoms with van der Waals surface area (Å²) in [5.41, 5.74) is 14.1. The Kier molecular flexibility index (Phi) is 7.85. The summed E-state index contributed by atoms with van der Waals surface area (Å²) >= 11 is 0. The van der Waals surface area contributed by atoms with Gasteiger partial charge in [0.2, 0.25) is 0 Å². The zero-order chi connectivity index (χ0) is 35.8. The van der Waals surface area contributed by atoms with Crippen LogP contribution in [0.3, 0.4) is 0 Å². The molecule has 1 aromatic heterocycles. The molecule has 0 aliphatic carbocycles. The molecule has 9 aromatic carbocycles. The number of rotatable bonds is 7. The third-order valence-corrected chi connectivity index (χ3v) is 10.6. The highest BCUT2D eigenvalue weighted by atomic mass is 15.1. The normalized spacial score (nSPS) is 11.3. The molecular weight excluding hydrogens is 653 g/mol. The minimum absolute atomic E-state index is 1.10. The van der Waals surface area contributed by atoms with E-state index in [1.165, 1.54) is 71.6 Å². The Hall–Kier alpha value is -7.16. The number of hydrogen-bond donors (Lipinski definition) is 0. The number of hydrogen-bond acceptors (Lipinski definition) is 1. The van der Waals surface area contributed by atoms with E-state index in [4.69, 9.17) is 0 Å². The van der Waals surface area contributed by atoms with Gasteiger partial charge in [-0.25, -0.2) is 0 Å². The summed E-state index contributed by atoms with van der Waals surface area (Å²) in [6.45, 7) is 0. The predicted octanol–water partition coefficient (Wildman–Crippen LogP) is 14.4. The van der Waals surface area contributed by atoms with Crippen molar-refractivity contribution in [2.24, 2.45) is 0 Å². The Bertz CT molecular complexity index is 2850. The average molecular weight is 689 g/mol. The van der Waals surface area contributed by atoms with Crippen LogP contribution in [-0.4, -0.2) is 4.57 Å². The van der Waals surface area contributed by atoms with Gasteiger partial charge in [0, 0.05) is 33.1 Å². The standard InChI is InChI=1S/C52H36N2/c1-3-15-37(16-4-1)38-27-31-41(32-28-38)53(52-36-35-43(39-17-5-2-6-18-39)45-20-7-8-21-46(45)52)42-33-29-40(30-34-42)44-19-9-12-24-49(44)54-50-25-13-10-22-47(50)48-23-11-14-26-51(48)54/h1-36H. The molecule has 0 aliphatic heterocycles. The number of nitrogens with zero attached hydrogens (tertiary/aromatic N) is 2. The monoisotopic (exact) mass is 688 g/mol. The Balaban J connectivity index is 1.12. The third-order valence-electron chi connectivity index (χ3n) is 10.6. The molecule has 2 heteroatoms. The smallest absolute Gasteiger partial charge is 0.0541 e. The van der Waals surface area contributed by atoms with Crippen LogP contribution in [0.5, 0.6) is 0 Å². The van der Waals surface area contributed by atoms with Crippen molar-refractivity contribution in [1.82, 2.24) is 4.57 Å². The third kappa shape index (κ3) is 5.44. The van der Waals surface area contributed by atoms with E-state index in [1.807, 2.05) is 0 Å². The Morgan fingerprint density at radius 3 is 1.35 bits per heavy atom.